The number of carbonyl (C=O) groups excluding carboxylic acids is 1. The predicted octanol–water partition coefficient (Wildman–Crippen LogP) is 2.14. The minimum absolute atomic E-state index is 0.0960. The van der Waals surface area contributed by atoms with Crippen molar-refractivity contribution in [3.05, 3.63) is 66.4 Å². The topological polar surface area (TPSA) is 88.4 Å². The first kappa shape index (κ1) is 16.2. The molecule has 3 rings (SSSR count). The molecule has 0 saturated carbocycles. The van der Waals surface area contributed by atoms with Crippen molar-refractivity contribution in [3.8, 4) is 0 Å². The van der Waals surface area contributed by atoms with E-state index in [1.165, 1.54) is 18.4 Å². The van der Waals surface area contributed by atoms with Gasteiger partial charge in [-0.15, -0.1) is 0 Å². The van der Waals surface area contributed by atoms with Crippen molar-refractivity contribution in [2.45, 2.75) is 4.90 Å². The third kappa shape index (κ3) is 3.47. The Balaban J connectivity index is 1.56. The number of hydrogen-bond acceptors (Lipinski definition) is 4. The molecule has 0 aliphatic rings. The Labute approximate surface area is 139 Å². The van der Waals surface area contributed by atoms with Crippen LogP contribution >= 0.6 is 0 Å². The maximum atomic E-state index is 12.2. The number of furan rings is 1. The van der Waals surface area contributed by atoms with E-state index in [9.17, 15) is 13.2 Å². The molecule has 0 fully saturated rings. The van der Waals surface area contributed by atoms with Gasteiger partial charge < -0.3 is 9.73 Å². The number of carbonyl (C=O) groups is 1. The maximum absolute atomic E-state index is 12.2. The Morgan fingerprint density at radius 2 is 1.67 bits per heavy atom. The molecule has 2 aromatic carbocycles. The van der Waals surface area contributed by atoms with Gasteiger partial charge in [-0.1, -0.05) is 36.4 Å². The summed E-state index contributed by atoms with van der Waals surface area (Å²) >= 11 is 0. The van der Waals surface area contributed by atoms with Gasteiger partial charge in [-0.05, 0) is 18.2 Å². The molecule has 3 aromatic rings. The van der Waals surface area contributed by atoms with Crippen LogP contribution in [0.5, 0.6) is 0 Å². The largest absolute Gasteiger partial charge is 0.463 e. The number of amides is 1. The highest BCUT2D eigenvalue weighted by molar-refractivity contribution is 7.89. The number of hydrogen-bond donors (Lipinski definition) is 2. The molecule has 0 aliphatic heterocycles. The fourth-order valence-electron chi connectivity index (χ4n) is 2.29. The molecule has 0 atom stereocenters. The van der Waals surface area contributed by atoms with Crippen molar-refractivity contribution in [2.24, 2.45) is 0 Å². The van der Waals surface area contributed by atoms with Gasteiger partial charge in [0.25, 0.3) is 5.91 Å². The molecule has 0 spiro atoms. The average Bonchev–Trinajstić information content (AvgIpc) is 3.03. The molecule has 124 valence electrons. The fraction of sp³-hybridized carbons (Fsp3) is 0.118. The Bertz CT molecular complexity index is 949. The molecule has 1 heterocycles. The van der Waals surface area contributed by atoms with Gasteiger partial charge in [0.05, 0.1) is 10.5 Å². The van der Waals surface area contributed by atoms with Gasteiger partial charge in [-0.2, -0.15) is 0 Å². The number of benzene rings is 2. The lowest BCUT2D eigenvalue weighted by Crippen LogP contribution is -2.34. The highest BCUT2D eigenvalue weighted by Crippen LogP contribution is 2.20. The SMILES string of the molecule is O=C(NCCNS(=O)(=O)c1ccccc1)c1coc2ccccc12. The summed E-state index contributed by atoms with van der Waals surface area (Å²) in [4.78, 5) is 12.4. The van der Waals surface area contributed by atoms with Gasteiger partial charge in [-0.3, -0.25) is 4.79 Å². The summed E-state index contributed by atoms with van der Waals surface area (Å²) in [6.07, 6.45) is 1.40. The zero-order valence-electron chi connectivity index (χ0n) is 12.7. The Kier molecular flexibility index (Phi) is 4.64. The van der Waals surface area contributed by atoms with Crippen LogP contribution in [-0.2, 0) is 10.0 Å². The summed E-state index contributed by atoms with van der Waals surface area (Å²) < 4.78 is 31.8. The fourth-order valence-corrected chi connectivity index (χ4v) is 3.35. The van der Waals surface area contributed by atoms with E-state index in [0.29, 0.717) is 11.1 Å². The lowest BCUT2D eigenvalue weighted by Gasteiger charge is -2.07. The van der Waals surface area contributed by atoms with Crippen LogP contribution in [0.1, 0.15) is 10.4 Å². The number of fused-ring (bicyclic) bond motifs is 1. The second-order valence-electron chi connectivity index (χ2n) is 5.11. The molecule has 1 aromatic heterocycles. The van der Waals surface area contributed by atoms with Gasteiger partial charge in [0.2, 0.25) is 10.0 Å². The Morgan fingerprint density at radius 3 is 2.46 bits per heavy atom. The number of para-hydroxylation sites is 1. The van der Waals surface area contributed by atoms with E-state index in [0.717, 1.165) is 5.39 Å². The van der Waals surface area contributed by atoms with Gasteiger partial charge in [0.1, 0.15) is 11.8 Å². The summed E-state index contributed by atoms with van der Waals surface area (Å²) in [5.74, 6) is -0.307. The first-order chi connectivity index (χ1) is 11.6. The molecule has 0 radical (unpaired) electrons. The minimum Gasteiger partial charge on any atom is -0.463 e. The first-order valence-corrected chi connectivity index (χ1v) is 8.85. The molecule has 7 heteroatoms. The summed E-state index contributed by atoms with van der Waals surface area (Å²) in [6.45, 7) is 0.267. The van der Waals surface area contributed by atoms with E-state index in [2.05, 4.69) is 10.0 Å². The van der Waals surface area contributed by atoms with Crippen molar-refractivity contribution in [1.82, 2.24) is 10.0 Å². The third-order valence-electron chi connectivity index (χ3n) is 3.48. The molecule has 2 N–H and O–H groups in total. The van der Waals surface area contributed by atoms with E-state index in [1.54, 1.807) is 30.3 Å². The predicted molar refractivity (Wildman–Crippen MR) is 90.2 cm³/mol. The van der Waals surface area contributed by atoms with E-state index in [4.69, 9.17) is 4.42 Å². The van der Waals surface area contributed by atoms with Crippen LogP contribution in [0, 0.1) is 0 Å². The van der Waals surface area contributed by atoms with E-state index < -0.39 is 10.0 Å². The van der Waals surface area contributed by atoms with Crippen molar-refractivity contribution < 1.29 is 17.6 Å². The second-order valence-corrected chi connectivity index (χ2v) is 6.88. The number of sulfonamides is 1. The molecule has 0 aliphatic carbocycles. The van der Waals surface area contributed by atoms with Crippen LogP contribution in [-0.4, -0.2) is 27.4 Å². The molecule has 1 amide bonds. The van der Waals surface area contributed by atoms with Gasteiger partial charge >= 0.3 is 0 Å². The molecular formula is C17H16N2O4S. The highest BCUT2D eigenvalue weighted by atomic mass is 32.2. The van der Waals surface area contributed by atoms with E-state index in [1.807, 2.05) is 12.1 Å². The molecule has 24 heavy (non-hydrogen) atoms. The first-order valence-electron chi connectivity index (χ1n) is 7.37. The van der Waals surface area contributed by atoms with Gasteiger partial charge in [-0.25, -0.2) is 13.1 Å². The zero-order valence-corrected chi connectivity index (χ0v) is 13.5. The quantitative estimate of drug-likeness (QED) is 0.671. The summed E-state index contributed by atoms with van der Waals surface area (Å²) in [7, 11) is -3.57. The molecule has 0 bridgehead atoms. The van der Waals surface area contributed by atoms with Crippen molar-refractivity contribution in [1.29, 1.82) is 0 Å². The van der Waals surface area contributed by atoms with E-state index in [-0.39, 0.29) is 23.9 Å². The van der Waals surface area contributed by atoms with Crippen LogP contribution in [0.4, 0.5) is 0 Å². The van der Waals surface area contributed by atoms with E-state index >= 15 is 0 Å². The number of nitrogens with one attached hydrogen (secondary N) is 2. The van der Waals surface area contributed by atoms with Gasteiger partial charge in [0.15, 0.2) is 0 Å². The van der Waals surface area contributed by atoms with Gasteiger partial charge in [0, 0.05) is 18.5 Å². The number of rotatable bonds is 6. The summed E-state index contributed by atoms with van der Waals surface area (Å²) in [5, 5.41) is 3.40. The second kappa shape index (κ2) is 6.86. The molecule has 6 nitrogen and oxygen atoms in total. The Morgan fingerprint density at radius 1 is 0.958 bits per heavy atom. The van der Waals surface area contributed by atoms with Crippen LogP contribution in [0.15, 0.2) is 70.2 Å². The summed E-state index contributed by atoms with van der Waals surface area (Å²) in [5.41, 5.74) is 1.06. The average molecular weight is 344 g/mol. The standard InChI is InChI=1S/C17H16N2O4S/c20-17(15-12-23-16-9-5-4-8-14(15)16)18-10-11-19-24(21,22)13-6-2-1-3-7-13/h1-9,12,19H,10-11H2,(H,18,20). The third-order valence-corrected chi connectivity index (χ3v) is 4.96. The van der Waals surface area contributed by atoms with Crippen LogP contribution in [0.25, 0.3) is 11.0 Å². The normalized spacial score (nSPS) is 11.5. The zero-order chi connectivity index (χ0) is 17.0. The monoisotopic (exact) mass is 344 g/mol. The van der Waals surface area contributed by atoms with Crippen molar-refractivity contribution in [3.63, 3.8) is 0 Å². The van der Waals surface area contributed by atoms with Crippen LogP contribution in [0.3, 0.4) is 0 Å². The van der Waals surface area contributed by atoms with Crippen molar-refractivity contribution in [2.75, 3.05) is 13.1 Å². The smallest absolute Gasteiger partial charge is 0.255 e. The lowest BCUT2D eigenvalue weighted by molar-refractivity contribution is 0.0955. The van der Waals surface area contributed by atoms with Crippen LogP contribution < -0.4 is 10.0 Å². The lowest BCUT2D eigenvalue weighted by atomic mass is 10.1. The van der Waals surface area contributed by atoms with Crippen LogP contribution in [0.2, 0.25) is 0 Å². The molecular weight excluding hydrogens is 328 g/mol. The Hall–Kier alpha value is -2.64. The molecule has 0 unspecified atom stereocenters. The maximum Gasteiger partial charge on any atom is 0.255 e. The minimum atomic E-state index is -3.57. The summed E-state index contributed by atoms with van der Waals surface area (Å²) in [6, 6.07) is 15.3. The molecule has 0 saturated heterocycles. The highest BCUT2D eigenvalue weighted by Gasteiger charge is 2.14. The van der Waals surface area contributed by atoms with Crippen molar-refractivity contribution >= 4 is 26.9 Å².